The van der Waals surface area contributed by atoms with Crippen LogP contribution in [0, 0.1) is 5.92 Å². The van der Waals surface area contributed by atoms with Crippen molar-refractivity contribution in [2.24, 2.45) is 13.0 Å². The second-order valence-electron chi connectivity index (χ2n) is 5.00. The van der Waals surface area contributed by atoms with E-state index in [-0.39, 0.29) is 11.9 Å². The van der Waals surface area contributed by atoms with Crippen LogP contribution in [0.5, 0.6) is 0 Å². The van der Waals surface area contributed by atoms with Gasteiger partial charge in [-0.05, 0) is 18.8 Å². The predicted molar refractivity (Wildman–Crippen MR) is 69.4 cm³/mol. The molecule has 1 aromatic heterocycles. The summed E-state index contributed by atoms with van der Waals surface area (Å²) in [6.45, 7) is 2.19. The molecule has 1 fully saturated rings. The van der Waals surface area contributed by atoms with E-state index >= 15 is 0 Å². The van der Waals surface area contributed by atoms with Crippen molar-refractivity contribution in [2.45, 2.75) is 38.6 Å². The highest BCUT2D eigenvalue weighted by atomic mass is 16.2. The molecule has 0 radical (unpaired) electrons. The Kier molecular flexibility index (Phi) is 3.84. The van der Waals surface area contributed by atoms with Gasteiger partial charge in [0.05, 0.1) is 0 Å². The van der Waals surface area contributed by atoms with Crippen LogP contribution in [-0.4, -0.2) is 33.8 Å². The maximum absolute atomic E-state index is 12.1. The van der Waals surface area contributed by atoms with Crippen LogP contribution in [0.4, 0.5) is 5.95 Å². The Morgan fingerprint density at radius 2 is 2.06 bits per heavy atom. The molecule has 1 saturated carbocycles. The molecule has 2 rings (SSSR count). The van der Waals surface area contributed by atoms with E-state index in [9.17, 15) is 4.79 Å². The second-order valence-corrected chi connectivity index (χ2v) is 5.00. The van der Waals surface area contributed by atoms with Crippen molar-refractivity contribution in [3.8, 4) is 0 Å². The van der Waals surface area contributed by atoms with Crippen molar-refractivity contribution in [3.63, 3.8) is 0 Å². The number of nitrogens with zero attached hydrogens (tertiary/aromatic N) is 3. The lowest BCUT2D eigenvalue weighted by Gasteiger charge is -2.29. The molecule has 0 aliphatic heterocycles. The number of rotatable bonds is 3. The van der Waals surface area contributed by atoms with Crippen LogP contribution < -0.4 is 10.6 Å². The van der Waals surface area contributed by atoms with Crippen LogP contribution in [-0.2, 0) is 7.05 Å². The molecule has 0 aromatic carbocycles. The Labute approximate surface area is 107 Å². The number of anilines is 1. The summed E-state index contributed by atoms with van der Waals surface area (Å²) in [5.74, 6) is 1.36. The smallest absolute Gasteiger partial charge is 0.289 e. The van der Waals surface area contributed by atoms with E-state index in [0.717, 1.165) is 6.42 Å². The summed E-state index contributed by atoms with van der Waals surface area (Å²) >= 11 is 0. The zero-order valence-corrected chi connectivity index (χ0v) is 11.2. The van der Waals surface area contributed by atoms with E-state index in [2.05, 4.69) is 27.8 Å². The molecule has 2 N–H and O–H groups in total. The van der Waals surface area contributed by atoms with Gasteiger partial charge in [-0.25, -0.2) is 0 Å². The molecule has 2 atom stereocenters. The standard InChI is InChI=1S/C12H21N5O/c1-8-6-4-5-7-9(8)14-11(18)10-15-16-12(13-2)17(10)3/h8-9H,4-7H2,1-3H3,(H,13,16)(H,14,18). The third-order valence-corrected chi connectivity index (χ3v) is 3.73. The average Bonchev–Trinajstić information content (AvgIpc) is 2.73. The first kappa shape index (κ1) is 12.9. The van der Waals surface area contributed by atoms with E-state index in [1.807, 2.05) is 0 Å². The summed E-state index contributed by atoms with van der Waals surface area (Å²) < 4.78 is 1.67. The van der Waals surface area contributed by atoms with E-state index in [1.54, 1.807) is 18.7 Å². The van der Waals surface area contributed by atoms with Gasteiger partial charge >= 0.3 is 0 Å². The number of hydrogen-bond acceptors (Lipinski definition) is 4. The van der Waals surface area contributed by atoms with Crippen LogP contribution in [0.15, 0.2) is 0 Å². The van der Waals surface area contributed by atoms with Gasteiger partial charge in [-0.3, -0.25) is 9.36 Å². The zero-order valence-electron chi connectivity index (χ0n) is 11.2. The second kappa shape index (κ2) is 5.37. The molecule has 1 aromatic rings. The number of carbonyl (C=O) groups is 1. The number of amides is 1. The first-order valence-electron chi connectivity index (χ1n) is 6.51. The molecule has 2 unspecified atom stereocenters. The quantitative estimate of drug-likeness (QED) is 0.845. The fourth-order valence-electron chi connectivity index (χ4n) is 2.51. The Hall–Kier alpha value is -1.59. The van der Waals surface area contributed by atoms with E-state index in [1.165, 1.54) is 19.3 Å². The molecule has 1 aliphatic carbocycles. The van der Waals surface area contributed by atoms with Gasteiger partial charge in [-0.1, -0.05) is 19.8 Å². The number of carbonyl (C=O) groups excluding carboxylic acids is 1. The summed E-state index contributed by atoms with van der Waals surface area (Å²) in [6.07, 6.45) is 4.70. The molecule has 1 aliphatic rings. The highest BCUT2D eigenvalue weighted by Crippen LogP contribution is 2.23. The maximum atomic E-state index is 12.1. The minimum absolute atomic E-state index is 0.134. The van der Waals surface area contributed by atoms with Crippen LogP contribution in [0.2, 0.25) is 0 Å². The third-order valence-electron chi connectivity index (χ3n) is 3.73. The normalized spacial score (nSPS) is 23.7. The van der Waals surface area contributed by atoms with Crippen molar-refractivity contribution in [3.05, 3.63) is 5.82 Å². The largest absolute Gasteiger partial charge is 0.357 e. The third kappa shape index (κ3) is 2.47. The fourth-order valence-corrected chi connectivity index (χ4v) is 2.51. The van der Waals surface area contributed by atoms with Crippen LogP contribution in [0.1, 0.15) is 43.2 Å². The Bertz CT molecular complexity index is 428. The lowest BCUT2D eigenvalue weighted by atomic mass is 9.86. The highest BCUT2D eigenvalue weighted by Gasteiger charge is 2.25. The minimum Gasteiger partial charge on any atom is -0.357 e. The Morgan fingerprint density at radius 1 is 1.33 bits per heavy atom. The maximum Gasteiger partial charge on any atom is 0.289 e. The van der Waals surface area contributed by atoms with Gasteiger partial charge in [-0.2, -0.15) is 0 Å². The lowest BCUT2D eigenvalue weighted by Crippen LogP contribution is -2.41. The molecule has 0 saturated heterocycles. The van der Waals surface area contributed by atoms with Crippen molar-refractivity contribution in [1.29, 1.82) is 0 Å². The molecule has 6 heteroatoms. The van der Waals surface area contributed by atoms with Crippen LogP contribution in [0.25, 0.3) is 0 Å². The van der Waals surface area contributed by atoms with Crippen LogP contribution in [0.3, 0.4) is 0 Å². The van der Waals surface area contributed by atoms with Crippen molar-refractivity contribution < 1.29 is 4.79 Å². The summed E-state index contributed by atoms with van der Waals surface area (Å²) in [6, 6.07) is 0.265. The fraction of sp³-hybridized carbons (Fsp3) is 0.750. The highest BCUT2D eigenvalue weighted by molar-refractivity contribution is 5.91. The monoisotopic (exact) mass is 251 g/mol. The van der Waals surface area contributed by atoms with Gasteiger partial charge in [0, 0.05) is 20.1 Å². The lowest BCUT2D eigenvalue weighted by molar-refractivity contribution is 0.0896. The molecule has 0 bridgehead atoms. The Morgan fingerprint density at radius 3 is 2.67 bits per heavy atom. The molecular weight excluding hydrogens is 230 g/mol. The van der Waals surface area contributed by atoms with Gasteiger partial charge in [-0.15, -0.1) is 10.2 Å². The summed E-state index contributed by atoms with van der Waals surface area (Å²) in [7, 11) is 3.54. The van der Waals surface area contributed by atoms with E-state index < -0.39 is 0 Å². The minimum atomic E-state index is -0.134. The van der Waals surface area contributed by atoms with Gasteiger partial charge in [0.25, 0.3) is 5.91 Å². The molecule has 6 nitrogen and oxygen atoms in total. The first-order valence-corrected chi connectivity index (χ1v) is 6.51. The van der Waals surface area contributed by atoms with Gasteiger partial charge in [0.1, 0.15) is 0 Å². The van der Waals surface area contributed by atoms with E-state index in [0.29, 0.717) is 17.7 Å². The summed E-state index contributed by atoms with van der Waals surface area (Å²) in [5, 5.41) is 13.8. The molecular formula is C12H21N5O. The molecule has 18 heavy (non-hydrogen) atoms. The van der Waals surface area contributed by atoms with Crippen molar-refractivity contribution >= 4 is 11.9 Å². The van der Waals surface area contributed by atoms with Gasteiger partial charge in [0.2, 0.25) is 11.8 Å². The Balaban J connectivity index is 2.04. The number of hydrogen-bond donors (Lipinski definition) is 2. The topological polar surface area (TPSA) is 71.8 Å². The van der Waals surface area contributed by atoms with Crippen molar-refractivity contribution in [2.75, 3.05) is 12.4 Å². The molecule has 100 valence electrons. The molecule has 1 heterocycles. The molecule has 1 amide bonds. The number of aromatic nitrogens is 3. The summed E-state index contributed by atoms with van der Waals surface area (Å²) in [5.41, 5.74) is 0. The SMILES string of the molecule is CNc1nnc(C(=O)NC2CCCCC2C)n1C. The zero-order chi connectivity index (χ0) is 13.1. The summed E-state index contributed by atoms with van der Waals surface area (Å²) in [4.78, 5) is 12.1. The van der Waals surface area contributed by atoms with Crippen LogP contribution >= 0.6 is 0 Å². The predicted octanol–water partition coefficient (Wildman–Crippen LogP) is 1.17. The number of nitrogens with one attached hydrogen (secondary N) is 2. The van der Waals surface area contributed by atoms with Gasteiger partial charge < -0.3 is 10.6 Å². The first-order chi connectivity index (χ1) is 8.63. The van der Waals surface area contributed by atoms with E-state index in [4.69, 9.17) is 0 Å². The van der Waals surface area contributed by atoms with Gasteiger partial charge in [0.15, 0.2) is 0 Å². The average molecular weight is 251 g/mol. The molecule has 0 spiro atoms. The van der Waals surface area contributed by atoms with Crippen molar-refractivity contribution in [1.82, 2.24) is 20.1 Å².